The summed E-state index contributed by atoms with van der Waals surface area (Å²) in [5.41, 5.74) is 4.17. The van der Waals surface area contributed by atoms with Crippen molar-refractivity contribution in [1.29, 1.82) is 0 Å². The smallest absolute Gasteiger partial charge is 0.258 e. The molecule has 0 spiro atoms. The van der Waals surface area contributed by atoms with E-state index in [1.807, 2.05) is 32.0 Å². The van der Waals surface area contributed by atoms with Gasteiger partial charge in [-0.3, -0.25) is 4.98 Å². The summed E-state index contributed by atoms with van der Waals surface area (Å²) >= 11 is 6.36. The van der Waals surface area contributed by atoms with Crippen LogP contribution in [0.2, 0.25) is 5.02 Å². The van der Waals surface area contributed by atoms with Crippen LogP contribution in [0, 0.1) is 19.8 Å². The second-order valence-corrected chi connectivity index (χ2v) is 8.17. The zero-order valence-corrected chi connectivity index (χ0v) is 18.3. The first kappa shape index (κ1) is 22.2. The van der Waals surface area contributed by atoms with Crippen LogP contribution in [0.4, 0.5) is 0 Å². The number of aryl methyl sites for hydroxylation is 2. The van der Waals surface area contributed by atoms with Crippen LogP contribution in [-0.4, -0.2) is 44.7 Å². The molecule has 8 heteroatoms. The molecule has 0 aliphatic heterocycles. The number of rotatable bonds is 8. The van der Waals surface area contributed by atoms with Crippen molar-refractivity contribution in [1.82, 2.24) is 15.1 Å². The van der Waals surface area contributed by atoms with Crippen molar-refractivity contribution in [2.45, 2.75) is 40.2 Å². The quantitative estimate of drug-likeness (QED) is 0.555. The third-order valence-corrected chi connectivity index (χ3v) is 4.70. The van der Waals surface area contributed by atoms with Gasteiger partial charge in [-0.05, 0) is 56.0 Å². The van der Waals surface area contributed by atoms with Crippen molar-refractivity contribution >= 4 is 11.6 Å². The van der Waals surface area contributed by atoms with Gasteiger partial charge in [0.25, 0.3) is 5.89 Å². The fourth-order valence-corrected chi connectivity index (χ4v) is 3.44. The molecule has 160 valence electrons. The van der Waals surface area contributed by atoms with E-state index < -0.39 is 6.10 Å². The van der Waals surface area contributed by atoms with E-state index in [1.165, 1.54) is 0 Å². The highest BCUT2D eigenvalue weighted by Crippen LogP contribution is 2.34. The molecule has 1 atom stereocenters. The number of ether oxygens (including phenoxy) is 1. The van der Waals surface area contributed by atoms with Gasteiger partial charge in [-0.25, -0.2) is 0 Å². The Morgan fingerprint density at radius 3 is 2.53 bits per heavy atom. The largest absolute Gasteiger partial charge is 0.489 e. The topological polar surface area (TPSA) is 102 Å². The molecule has 0 fully saturated rings. The minimum Gasteiger partial charge on any atom is -0.489 e. The number of hydrogen-bond acceptors (Lipinski definition) is 7. The Bertz CT molecular complexity index is 996. The van der Waals surface area contributed by atoms with Gasteiger partial charge in [0.1, 0.15) is 18.5 Å². The molecule has 0 saturated carbocycles. The van der Waals surface area contributed by atoms with Gasteiger partial charge >= 0.3 is 0 Å². The van der Waals surface area contributed by atoms with Gasteiger partial charge in [-0.1, -0.05) is 30.6 Å². The lowest BCUT2D eigenvalue weighted by atomic mass is 10.1. The van der Waals surface area contributed by atoms with Gasteiger partial charge in [0.05, 0.1) is 11.6 Å². The first-order valence-electron chi connectivity index (χ1n) is 9.80. The molecule has 7 nitrogen and oxygen atoms in total. The Labute approximate surface area is 180 Å². The Hall–Kier alpha value is -2.48. The third-order valence-electron chi connectivity index (χ3n) is 4.42. The molecule has 2 heterocycles. The molecular weight excluding hydrogens is 406 g/mol. The van der Waals surface area contributed by atoms with E-state index in [-0.39, 0.29) is 13.2 Å². The van der Waals surface area contributed by atoms with E-state index >= 15 is 0 Å². The SMILES string of the molecule is Cc1cc(-c2nc(-c3cc(C)c(OC[C@H](O)CO)c(Cl)c3)no2)cc(CC(C)C)n1. The van der Waals surface area contributed by atoms with Crippen LogP contribution in [0.1, 0.15) is 30.8 Å². The summed E-state index contributed by atoms with van der Waals surface area (Å²) in [5, 5.41) is 22.9. The average molecular weight is 432 g/mol. The summed E-state index contributed by atoms with van der Waals surface area (Å²) in [6, 6.07) is 7.42. The Morgan fingerprint density at radius 2 is 1.87 bits per heavy atom. The van der Waals surface area contributed by atoms with Crippen molar-refractivity contribution < 1.29 is 19.5 Å². The van der Waals surface area contributed by atoms with Gasteiger partial charge in [-0.2, -0.15) is 4.98 Å². The molecule has 0 bridgehead atoms. The van der Waals surface area contributed by atoms with E-state index in [9.17, 15) is 5.11 Å². The highest BCUT2D eigenvalue weighted by Gasteiger charge is 2.16. The molecule has 0 amide bonds. The number of aromatic nitrogens is 3. The molecule has 0 saturated heterocycles. The zero-order valence-electron chi connectivity index (χ0n) is 17.5. The molecule has 0 unspecified atom stereocenters. The summed E-state index contributed by atoms with van der Waals surface area (Å²) in [7, 11) is 0. The Kier molecular flexibility index (Phi) is 7.07. The molecular formula is C22H26ClN3O4. The van der Waals surface area contributed by atoms with Crippen molar-refractivity contribution in [3.63, 3.8) is 0 Å². The molecule has 3 rings (SSSR count). The van der Waals surface area contributed by atoms with Crippen molar-refractivity contribution in [2.75, 3.05) is 13.2 Å². The lowest BCUT2D eigenvalue weighted by molar-refractivity contribution is 0.0534. The van der Waals surface area contributed by atoms with Gasteiger partial charge in [0.2, 0.25) is 5.82 Å². The van der Waals surface area contributed by atoms with Gasteiger partial charge in [0, 0.05) is 22.5 Å². The van der Waals surface area contributed by atoms with Crippen molar-refractivity contribution in [3.8, 4) is 28.6 Å². The summed E-state index contributed by atoms with van der Waals surface area (Å²) in [4.78, 5) is 9.11. The minimum atomic E-state index is -0.968. The number of aliphatic hydroxyl groups is 2. The molecule has 2 aromatic heterocycles. The first-order chi connectivity index (χ1) is 14.3. The maximum absolute atomic E-state index is 9.48. The highest BCUT2D eigenvalue weighted by molar-refractivity contribution is 6.32. The van der Waals surface area contributed by atoms with Crippen LogP contribution in [0.15, 0.2) is 28.8 Å². The second kappa shape index (κ2) is 9.55. The maximum Gasteiger partial charge on any atom is 0.258 e. The minimum absolute atomic E-state index is 0.0527. The van der Waals surface area contributed by atoms with Crippen LogP contribution < -0.4 is 4.74 Å². The van der Waals surface area contributed by atoms with Crippen LogP contribution >= 0.6 is 11.6 Å². The van der Waals surface area contributed by atoms with Crippen molar-refractivity contribution in [2.24, 2.45) is 5.92 Å². The summed E-state index contributed by atoms with van der Waals surface area (Å²) in [6.07, 6.45) is -0.0963. The van der Waals surface area contributed by atoms with Gasteiger partial charge < -0.3 is 19.5 Å². The zero-order chi connectivity index (χ0) is 21.8. The predicted molar refractivity (Wildman–Crippen MR) is 115 cm³/mol. The molecule has 0 aliphatic carbocycles. The number of nitrogens with zero attached hydrogens (tertiary/aromatic N) is 3. The molecule has 0 radical (unpaired) electrons. The fourth-order valence-electron chi connectivity index (χ4n) is 3.12. The predicted octanol–water partition coefficient (Wildman–Crippen LogP) is 4.00. The summed E-state index contributed by atoms with van der Waals surface area (Å²) < 4.78 is 11.0. The maximum atomic E-state index is 9.48. The van der Waals surface area contributed by atoms with E-state index in [2.05, 4.69) is 29.0 Å². The summed E-state index contributed by atoms with van der Waals surface area (Å²) in [6.45, 7) is 7.65. The number of halogens is 1. The van der Waals surface area contributed by atoms with Gasteiger partial charge in [-0.15, -0.1) is 0 Å². The fraction of sp³-hybridized carbons (Fsp3) is 0.409. The van der Waals surface area contributed by atoms with Crippen LogP contribution in [0.5, 0.6) is 5.75 Å². The average Bonchev–Trinajstić information content (AvgIpc) is 3.16. The highest BCUT2D eigenvalue weighted by atomic mass is 35.5. The Morgan fingerprint density at radius 1 is 1.10 bits per heavy atom. The van der Waals surface area contributed by atoms with Gasteiger partial charge in [0.15, 0.2) is 0 Å². The monoisotopic (exact) mass is 431 g/mol. The summed E-state index contributed by atoms with van der Waals surface area (Å²) in [5.74, 6) is 1.77. The van der Waals surface area contributed by atoms with Crippen LogP contribution in [-0.2, 0) is 6.42 Å². The lowest BCUT2D eigenvalue weighted by Crippen LogP contribution is -2.21. The van der Waals surface area contributed by atoms with E-state index in [4.69, 9.17) is 26.0 Å². The van der Waals surface area contributed by atoms with E-state index in [0.717, 1.165) is 28.9 Å². The standard InChI is InChI=1S/C22H26ClN3O4/c1-12(2)5-17-8-16(7-14(4)24-17)22-25-21(26-30-22)15-6-13(3)20(19(23)9-15)29-11-18(28)10-27/h6-9,12,18,27-28H,5,10-11H2,1-4H3/t18-/m1/s1. The van der Waals surface area contributed by atoms with Crippen molar-refractivity contribution in [3.05, 3.63) is 46.2 Å². The third kappa shape index (κ3) is 5.36. The normalized spacial score (nSPS) is 12.4. The Balaban J connectivity index is 1.87. The molecule has 1 aromatic carbocycles. The van der Waals surface area contributed by atoms with Crippen LogP contribution in [0.25, 0.3) is 22.8 Å². The van der Waals surface area contributed by atoms with E-state index in [1.54, 1.807) is 6.07 Å². The molecule has 30 heavy (non-hydrogen) atoms. The lowest BCUT2D eigenvalue weighted by Gasteiger charge is -2.14. The molecule has 2 N–H and O–H groups in total. The van der Waals surface area contributed by atoms with Crippen LogP contribution in [0.3, 0.4) is 0 Å². The van der Waals surface area contributed by atoms with E-state index in [0.29, 0.717) is 34.0 Å². The molecule has 0 aliphatic rings. The number of benzene rings is 1. The molecule has 3 aromatic rings. The number of hydrogen-bond donors (Lipinski definition) is 2. The number of aliphatic hydroxyl groups excluding tert-OH is 2. The second-order valence-electron chi connectivity index (χ2n) is 7.76. The first-order valence-corrected chi connectivity index (χ1v) is 10.2. The number of pyridine rings is 1.